The van der Waals surface area contributed by atoms with Crippen molar-refractivity contribution in [3.63, 3.8) is 0 Å². The van der Waals surface area contributed by atoms with E-state index in [4.69, 9.17) is 5.26 Å². The lowest BCUT2D eigenvalue weighted by Gasteiger charge is -2.14. The summed E-state index contributed by atoms with van der Waals surface area (Å²) in [5.41, 5.74) is 1.04. The summed E-state index contributed by atoms with van der Waals surface area (Å²) >= 11 is 0. The summed E-state index contributed by atoms with van der Waals surface area (Å²) in [4.78, 5) is 11.2. The molecule has 2 N–H and O–H groups in total. The van der Waals surface area contributed by atoms with Gasteiger partial charge in [0.25, 0.3) is 10.0 Å². The van der Waals surface area contributed by atoms with Crippen LogP contribution in [0.3, 0.4) is 0 Å². The topological polar surface area (TPSA) is 107 Å². The quantitative estimate of drug-likeness (QED) is 0.896. The summed E-state index contributed by atoms with van der Waals surface area (Å²) in [7, 11) is -4.02. The van der Waals surface area contributed by atoms with Gasteiger partial charge in [-0.15, -0.1) is 0 Å². The van der Waals surface area contributed by atoms with E-state index in [2.05, 4.69) is 4.72 Å². The van der Waals surface area contributed by atoms with Crippen LogP contribution in [0, 0.1) is 25.2 Å². The second kappa shape index (κ2) is 6.10. The molecule has 0 bridgehead atoms. The highest BCUT2D eigenvalue weighted by atomic mass is 32.2. The first-order chi connectivity index (χ1) is 10.8. The van der Waals surface area contributed by atoms with Crippen LogP contribution in [0.15, 0.2) is 41.3 Å². The molecule has 0 heterocycles. The van der Waals surface area contributed by atoms with E-state index in [9.17, 15) is 18.3 Å². The normalized spacial score (nSPS) is 10.8. The maximum Gasteiger partial charge on any atom is 0.337 e. The summed E-state index contributed by atoms with van der Waals surface area (Å²) in [6.45, 7) is 3.22. The highest BCUT2D eigenvalue weighted by molar-refractivity contribution is 7.92. The fraction of sp³-hybridized carbons (Fsp3) is 0.125. The number of sulfonamides is 1. The molecule has 0 aliphatic heterocycles. The van der Waals surface area contributed by atoms with E-state index in [1.54, 1.807) is 19.9 Å². The van der Waals surface area contributed by atoms with Crippen LogP contribution in [0.25, 0.3) is 0 Å². The molecular formula is C16H14N2O4S. The number of nitriles is 1. The zero-order valence-electron chi connectivity index (χ0n) is 12.5. The largest absolute Gasteiger partial charge is 0.478 e. The van der Waals surface area contributed by atoms with Crippen molar-refractivity contribution < 1.29 is 18.3 Å². The van der Waals surface area contributed by atoms with E-state index in [0.717, 1.165) is 0 Å². The van der Waals surface area contributed by atoms with Gasteiger partial charge in [-0.2, -0.15) is 5.26 Å². The molecule has 6 nitrogen and oxygen atoms in total. The van der Waals surface area contributed by atoms with Crippen LogP contribution in [0.5, 0.6) is 0 Å². The molecule has 0 aliphatic carbocycles. The van der Waals surface area contributed by atoms with E-state index >= 15 is 0 Å². The average Bonchev–Trinajstić information content (AvgIpc) is 2.49. The Balaban J connectivity index is 2.57. The zero-order chi connectivity index (χ0) is 17.2. The first kappa shape index (κ1) is 16.5. The van der Waals surface area contributed by atoms with Gasteiger partial charge in [0.05, 0.1) is 27.8 Å². The van der Waals surface area contributed by atoms with Gasteiger partial charge in [0.1, 0.15) is 0 Å². The minimum atomic E-state index is -4.02. The molecule has 0 radical (unpaired) electrons. The lowest BCUT2D eigenvalue weighted by Crippen LogP contribution is -2.17. The van der Waals surface area contributed by atoms with Crippen LogP contribution in [0.4, 0.5) is 5.69 Å². The number of nitrogens with one attached hydrogen (secondary N) is 1. The zero-order valence-corrected chi connectivity index (χ0v) is 13.3. The number of hydrogen-bond donors (Lipinski definition) is 2. The molecule has 7 heteroatoms. The number of aromatic carboxylic acids is 1. The number of rotatable bonds is 4. The summed E-state index contributed by atoms with van der Waals surface area (Å²) in [5.74, 6) is -1.23. The van der Waals surface area contributed by atoms with E-state index in [0.29, 0.717) is 11.1 Å². The molecule has 2 aromatic carbocycles. The lowest BCUT2D eigenvalue weighted by molar-refractivity contribution is 0.0698. The molecule has 118 valence electrons. The molecule has 23 heavy (non-hydrogen) atoms. The predicted octanol–water partition coefficient (Wildman–Crippen LogP) is 2.67. The van der Waals surface area contributed by atoms with Crippen LogP contribution in [-0.4, -0.2) is 19.5 Å². The lowest BCUT2D eigenvalue weighted by atomic mass is 10.1. The second-order valence-electron chi connectivity index (χ2n) is 5.00. The van der Waals surface area contributed by atoms with Gasteiger partial charge < -0.3 is 5.11 Å². The highest BCUT2D eigenvalue weighted by Crippen LogP contribution is 2.26. The Labute approximate surface area is 134 Å². The number of hydrogen-bond acceptors (Lipinski definition) is 4. The van der Waals surface area contributed by atoms with Crippen molar-refractivity contribution in [2.24, 2.45) is 0 Å². The molecule has 2 rings (SSSR count). The molecule has 0 aliphatic rings. The number of para-hydroxylation sites is 1. The Morgan fingerprint density at radius 2 is 1.87 bits per heavy atom. The smallest absolute Gasteiger partial charge is 0.337 e. The molecule has 0 saturated carbocycles. The summed E-state index contributed by atoms with van der Waals surface area (Å²) < 4.78 is 27.5. The molecule has 0 fully saturated rings. The standard InChI is InChI=1S/C16H14N2O4S/c1-10-6-7-12(9-17)8-14(10)23(21,22)18-15-11(2)4-3-5-13(15)16(19)20/h3-8,18H,1-2H3,(H,19,20). The van der Waals surface area contributed by atoms with Gasteiger partial charge in [-0.1, -0.05) is 18.2 Å². The third-order valence-electron chi connectivity index (χ3n) is 3.35. The number of carboxylic acids is 1. The van der Waals surface area contributed by atoms with Gasteiger partial charge in [0.2, 0.25) is 0 Å². The van der Waals surface area contributed by atoms with Crippen LogP contribution < -0.4 is 4.72 Å². The Morgan fingerprint density at radius 3 is 2.48 bits per heavy atom. The molecule has 0 spiro atoms. The number of aryl methyl sites for hydroxylation is 2. The number of anilines is 1. The third kappa shape index (κ3) is 3.33. The molecule has 2 aromatic rings. The minimum Gasteiger partial charge on any atom is -0.478 e. The van der Waals surface area contributed by atoms with Crippen molar-refractivity contribution >= 4 is 21.7 Å². The Hall–Kier alpha value is -2.85. The predicted molar refractivity (Wildman–Crippen MR) is 84.8 cm³/mol. The van der Waals surface area contributed by atoms with E-state index in [1.807, 2.05) is 6.07 Å². The third-order valence-corrected chi connectivity index (χ3v) is 4.84. The molecule has 0 unspecified atom stereocenters. The van der Waals surface area contributed by atoms with Gasteiger partial charge >= 0.3 is 5.97 Å². The Morgan fingerprint density at radius 1 is 1.17 bits per heavy atom. The molecule has 0 atom stereocenters. The number of carboxylic acid groups (broad SMARTS) is 1. The van der Waals surface area contributed by atoms with Crippen molar-refractivity contribution in [3.05, 3.63) is 58.7 Å². The van der Waals surface area contributed by atoms with Crippen molar-refractivity contribution in [3.8, 4) is 6.07 Å². The first-order valence-corrected chi connectivity index (χ1v) is 8.11. The minimum absolute atomic E-state index is 0.0155. The summed E-state index contributed by atoms with van der Waals surface area (Å²) in [5, 5.41) is 18.1. The monoisotopic (exact) mass is 330 g/mol. The maximum atomic E-state index is 12.6. The van der Waals surface area contributed by atoms with Crippen LogP contribution >= 0.6 is 0 Å². The van der Waals surface area contributed by atoms with E-state index in [-0.39, 0.29) is 21.7 Å². The van der Waals surface area contributed by atoms with Crippen molar-refractivity contribution in [2.75, 3.05) is 4.72 Å². The number of benzene rings is 2. The van der Waals surface area contributed by atoms with E-state index < -0.39 is 16.0 Å². The van der Waals surface area contributed by atoms with Gasteiger partial charge in [0, 0.05) is 0 Å². The second-order valence-corrected chi connectivity index (χ2v) is 6.65. The highest BCUT2D eigenvalue weighted by Gasteiger charge is 2.22. The molecule has 0 aromatic heterocycles. The van der Waals surface area contributed by atoms with Crippen molar-refractivity contribution in [2.45, 2.75) is 18.7 Å². The SMILES string of the molecule is Cc1ccc(C#N)cc1S(=O)(=O)Nc1c(C)cccc1C(=O)O. The first-order valence-electron chi connectivity index (χ1n) is 6.62. The van der Waals surface area contributed by atoms with E-state index in [1.165, 1.54) is 30.3 Å². The Bertz CT molecular complexity index is 928. The van der Waals surface area contributed by atoms with Gasteiger partial charge in [-0.05, 0) is 43.2 Å². The Kier molecular flexibility index (Phi) is 4.38. The number of nitrogens with zero attached hydrogens (tertiary/aromatic N) is 1. The van der Waals surface area contributed by atoms with Crippen molar-refractivity contribution in [1.82, 2.24) is 0 Å². The van der Waals surface area contributed by atoms with Crippen molar-refractivity contribution in [1.29, 1.82) is 5.26 Å². The average molecular weight is 330 g/mol. The van der Waals surface area contributed by atoms with Gasteiger partial charge in [0.15, 0.2) is 0 Å². The van der Waals surface area contributed by atoms with Crippen LogP contribution in [0.1, 0.15) is 27.0 Å². The molecular weight excluding hydrogens is 316 g/mol. The maximum absolute atomic E-state index is 12.6. The van der Waals surface area contributed by atoms with Crippen LogP contribution in [0.2, 0.25) is 0 Å². The van der Waals surface area contributed by atoms with Gasteiger partial charge in [-0.3, -0.25) is 4.72 Å². The van der Waals surface area contributed by atoms with Gasteiger partial charge in [-0.25, -0.2) is 13.2 Å². The summed E-state index contributed by atoms with van der Waals surface area (Å²) in [6.07, 6.45) is 0. The fourth-order valence-electron chi connectivity index (χ4n) is 2.13. The molecule has 0 saturated heterocycles. The fourth-order valence-corrected chi connectivity index (χ4v) is 3.55. The number of carbonyl (C=O) groups is 1. The molecule has 0 amide bonds. The summed E-state index contributed by atoms with van der Waals surface area (Å²) in [6, 6.07) is 10.7. The van der Waals surface area contributed by atoms with Crippen LogP contribution in [-0.2, 0) is 10.0 Å².